The Kier molecular flexibility index (Phi) is 4.38. The number of benzene rings is 1. The zero-order valence-corrected chi connectivity index (χ0v) is 15.2. The van der Waals surface area contributed by atoms with E-state index in [2.05, 4.69) is 10.4 Å². The number of nitrogens with zero attached hydrogens (tertiary/aromatic N) is 1. The largest absolute Gasteiger partial charge is 0.464 e. The Balaban J connectivity index is 1.39. The number of rotatable bonds is 5. The summed E-state index contributed by atoms with van der Waals surface area (Å²) < 4.78 is 10.9. The van der Waals surface area contributed by atoms with Crippen molar-refractivity contribution in [1.82, 2.24) is 4.98 Å². The molecule has 0 amide bonds. The maximum atomic E-state index is 12.1. The number of furan rings is 1. The topological polar surface area (TPSA) is 52.3 Å². The van der Waals surface area contributed by atoms with Gasteiger partial charge in [0.2, 0.25) is 0 Å². The second-order valence-corrected chi connectivity index (χ2v) is 7.39. The molecule has 0 aliphatic carbocycles. The highest BCUT2D eigenvalue weighted by molar-refractivity contribution is 7.14. The Bertz CT molecular complexity index is 1010. The molecular formula is C19H15NO3S2. The van der Waals surface area contributed by atoms with Crippen molar-refractivity contribution in [3.8, 4) is 10.6 Å². The summed E-state index contributed by atoms with van der Waals surface area (Å²) in [5.74, 6) is -0.284. The molecule has 126 valence electrons. The number of thiazole rings is 1. The van der Waals surface area contributed by atoms with Crippen molar-refractivity contribution in [3.05, 3.63) is 63.5 Å². The van der Waals surface area contributed by atoms with Gasteiger partial charge in [-0.3, -0.25) is 4.79 Å². The summed E-state index contributed by atoms with van der Waals surface area (Å²) in [4.78, 5) is 16.7. The first-order chi connectivity index (χ1) is 12.2. The van der Waals surface area contributed by atoms with Gasteiger partial charge in [-0.2, -0.15) is 11.3 Å². The molecule has 0 fully saturated rings. The van der Waals surface area contributed by atoms with Crippen molar-refractivity contribution < 1.29 is 13.9 Å². The number of hydrogen-bond acceptors (Lipinski definition) is 6. The van der Waals surface area contributed by atoms with Crippen LogP contribution >= 0.6 is 22.7 Å². The van der Waals surface area contributed by atoms with Crippen LogP contribution in [0.4, 0.5) is 0 Å². The fourth-order valence-corrected chi connectivity index (χ4v) is 4.10. The summed E-state index contributed by atoms with van der Waals surface area (Å²) in [5.41, 5.74) is 4.64. The number of ether oxygens (including phenoxy) is 1. The first-order valence-electron chi connectivity index (χ1n) is 7.78. The molecule has 25 heavy (non-hydrogen) atoms. The summed E-state index contributed by atoms with van der Waals surface area (Å²) in [6.07, 6.45) is 1.82. The van der Waals surface area contributed by atoms with Crippen LogP contribution in [0.1, 0.15) is 16.8 Å². The molecule has 0 aliphatic heterocycles. The van der Waals surface area contributed by atoms with E-state index < -0.39 is 0 Å². The average Bonchev–Trinajstić information content (AvgIpc) is 3.33. The minimum absolute atomic E-state index is 0.189. The van der Waals surface area contributed by atoms with Crippen molar-refractivity contribution in [2.75, 3.05) is 0 Å². The fraction of sp³-hybridized carbons (Fsp3) is 0.158. The first-order valence-corrected chi connectivity index (χ1v) is 9.60. The summed E-state index contributed by atoms with van der Waals surface area (Å²) >= 11 is 3.19. The molecule has 0 atom stereocenters. The molecule has 4 rings (SSSR count). The van der Waals surface area contributed by atoms with E-state index in [-0.39, 0.29) is 19.0 Å². The lowest BCUT2D eigenvalue weighted by atomic mass is 10.1. The van der Waals surface area contributed by atoms with Crippen LogP contribution in [0.3, 0.4) is 0 Å². The highest BCUT2D eigenvalue weighted by atomic mass is 32.1. The third-order valence-corrected chi connectivity index (χ3v) is 5.47. The molecule has 3 heterocycles. The monoisotopic (exact) mass is 369 g/mol. The zero-order valence-electron chi connectivity index (χ0n) is 13.5. The standard InChI is InChI=1S/C19H15NO3S2/c1-12-2-3-16-14(8-22-17(16)6-12)7-18(21)23-9-15-11-25-19(20-15)13-4-5-24-10-13/h2-6,8,10-11H,7,9H2,1H3. The molecule has 0 N–H and O–H groups in total. The van der Waals surface area contributed by atoms with Crippen molar-refractivity contribution in [2.24, 2.45) is 0 Å². The van der Waals surface area contributed by atoms with Gasteiger partial charge in [-0.1, -0.05) is 12.1 Å². The van der Waals surface area contributed by atoms with Gasteiger partial charge in [0.15, 0.2) is 0 Å². The Morgan fingerprint density at radius 3 is 3.04 bits per heavy atom. The van der Waals surface area contributed by atoms with Crippen LogP contribution in [0.2, 0.25) is 0 Å². The van der Waals surface area contributed by atoms with Crippen LogP contribution in [-0.2, 0) is 22.6 Å². The van der Waals surface area contributed by atoms with Crippen LogP contribution in [0.5, 0.6) is 0 Å². The molecule has 6 heteroatoms. The lowest BCUT2D eigenvalue weighted by Crippen LogP contribution is -2.07. The second-order valence-electron chi connectivity index (χ2n) is 5.75. The van der Waals surface area contributed by atoms with E-state index in [0.29, 0.717) is 0 Å². The van der Waals surface area contributed by atoms with Gasteiger partial charge in [-0.25, -0.2) is 4.98 Å². The summed E-state index contributed by atoms with van der Waals surface area (Å²) in [6, 6.07) is 7.98. The van der Waals surface area contributed by atoms with E-state index in [9.17, 15) is 4.79 Å². The van der Waals surface area contributed by atoms with Gasteiger partial charge < -0.3 is 9.15 Å². The number of aryl methyl sites for hydroxylation is 1. The van der Waals surface area contributed by atoms with Gasteiger partial charge in [0, 0.05) is 27.3 Å². The Morgan fingerprint density at radius 1 is 1.28 bits per heavy atom. The Morgan fingerprint density at radius 2 is 2.20 bits per heavy atom. The van der Waals surface area contributed by atoms with E-state index >= 15 is 0 Å². The third kappa shape index (κ3) is 3.50. The molecule has 0 unspecified atom stereocenters. The van der Waals surface area contributed by atoms with Crippen LogP contribution in [0, 0.1) is 6.92 Å². The van der Waals surface area contributed by atoms with Crippen LogP contribution < -0.4 is 0 Å². The van der Waals surface area contributed by atoms with Crippen molar-refractivity contribution in [2.45, 2.75) is 20.0 Å². The summed E-state index contributed by atoms with van der Waals surface area (Å²) in [6.45, 7) is 2.20. The van der Waals surface area contributed by atoms with Crippen LogP contribution in [-0.4, -0.2) is 11.0 Å². The Labute approximate surface area is 152 Å². The molecule has 0 saturated heterocycles. The molecular weight excluding hydrogens is 354 g/mol. The highest BCUT2D eigenvalue weighted by Gasteiger charge is 2.13. The number of thiophene rings is 1. The molecule has 0 saturated carbocycles. The number of hydrogen-bond donors (Lipinski definition) is 0. The van der Waals surface area contributed by atoms with E-state index in [1.54, 1.807) is 28.9 Å². The number of carbonyl (C=O) groups is 1. The number of carbonyl (C=O) groups excluding carboxylic acids is 1. The van der Waals surface area contributed by atoms with Crippen molar-refractivity contribution in [3.63, 3.8) is 0 Å². The molecule has 0 radical (unpaired) electrons. The van der Waals surface area contributed by atoms with E-state index in [1.807, 2.05) is 41.9 Å². The normalized spacial score (nSPS) is 11.1. The van der Waals surface area contributed by atoms with Crippen molar-refractivity contribution >= 4 is 39.6 Å². The number of esters is 1. The molecule has 4 nitrogen and oxygen atoms in total. The third-order valence-electron chi connectivity index (χ3n) is 3.85. The molecule has 0 spiro atoms. The molecule has 0 bridgehead atoms. The zero-order chi connectivity index (χ0) is 17.2. The van der Waals surface area contributed by atoms with Gasteiger partial charge in [-0.05, 0) is 30.0 Å². The van der Waals surface area contributed by atoms with Crippen LogP contribution in [0.25, 0.3) is 21.5 Å². The fourth-order valence-electron chi connectivity index (χ4n) is 2.58. The number of fused-ring (bicyclic) bond motifs is 1. The van der Waals surface area contributed by atoms with Gasteiger partial charge in [-0.15, -0.1) is 11.3 Å². The maximum Gasteiger partial charge on any atom is 0.310 e. The molecule has 1 aromatic carbocycles. The molecule has 4 aromatic rings. The summed E-state index contributed by atoms with van der Waals surface area (Å²) in [5, 5.41) is 7.91. The quantitative estimate of drug-likeness (QED) is 0.453. The van der Waals surface area contributed by atoms with Crippen molar-refractivity contribution in [1.29, 1.82) is 0 Å². The molecule has 0 aliphatic rings. The smallest absolute Gasteiger partial charge is 0.310 e. The van der Waals surface area contributed by atoms with Gasteiger partial charge in [0.1, 0.15) is 17.2 Å². The lowest BCUT2D eigenvalue weighted by molar-refractivity contribution is -0.144. The minimum atomic E-state index is -0.284. The maximum absolute atomic E-state index is 12.1. The SMILES string of the molecule is Cc1ccc2c(CC(=O)OCc3csc(-c4ccsc4)n3)coc2c1. The molecule has 3 aromatic heterocycles. The van der Waals surface area contributed by atoms with Gasteiger partial charge in [0.25, 0.3) is 0 Å². The van der Waals surface area contributed by atoms with E-state index in [0.717, 1.165) is 38.4 Å². The lowest BCUT2D eigenvalue weighted by Gasteiger charge is -2.02. The number of aromatic nitrogens is 1. The van der Waals surface area contributed by atoms with Crippen LogP contribution in [0.15, 0.2) is 51.1 Å². The Hall–Kier alpha value is -2.44. The highest BCUT2D eigenvalue weighted by Crippen LogP contribution is 2.26. The van der Waals surface area contributed by atoms with E-state index in [4.69, 9.17) is 9.15 Å². The van der Waals surface area contributed by atoms with E-state index in [1.165, 1.54) is 0 Å². The first kappa shape index (κ1) is 16.1. The van der Waals surface area contributed by atoms with Gasteiger partial charge in [0.05, 0.1) is 18.4 Å². The van der Waals surface area contributed by atoms with Gasteiger partial charge >= 0.3 is 5.97 Å². The minimum Gasteiger partial charge on any atom is -0.464 e. The predicted molar refractivity (Wildman–Crippen MR) is 99.9 cm³/mol. The second kappa shape index (κ2) is 6.82. The summed E-state index contributed by atoms with van der Waals surface area (Å²) in [7, 11) is 0. The predicted octanol–water partition coefficient (Wildman–Crippen LogP) is 5.21. The average molecular weight is 369 g/mol.